The Kier molecular flexibility index (Phi) is 2.74. The minimum absolute atomic E-state index is 0.0212. The first-order valence-electron chi connectivity index (χ1n) is 5.82. The maximum absolute atomic E-state index is 13.6. The molecule has 1 aliphatic rings. The summed E-state index contributed by atoms with van der Waals surface area (Å²) >= 11 is 0. The number of hydrogen-bond donors (Lipinski definition) is 0. The third-order valence-corrected chi connectivity index (χ3v) is 4.85. The first kappa shape index (κ1) is 12.1. The smallest absolute Gasteiger partial charge is 0.264 e. The molecule has 0 saturated heterocycles. The van der Waals surface area contributed by atoms with Gasteiger partial charge in [-0.1, -0.05) is 12.1 Å². The summed E-state index contributed by atoms with van der Waals surface area (Å²) in [5.41, 5.74) is 0.854. The number of aromatic nitrogens is 1. The lowest BCUT2D eigenvalue weighted by atomic mass is 10.1. The highest BCUT2D eigenvalue weighted by Gasteiger charge is 2.32. The second kappa shape index (κ2) is 4.31. The van der Waals surface area contributed by atoms with E-state index < -0.39 is 10.0 Å². The van der Waals surface area contributed by atoms with Gasteiger partial charge in [0.1, 0.15) is 5.82 Å². The topological polar surface area (TPSA) is 50.3 Å². The molecule has 0 aliphatic carbocycles. The number of pyridine rings is 1. The SMILES string of the molecule is O=S(=O)(c1ccccn1)N1CCc2c(F)cccc21. The van der Waals surface area contributed by atoms with Crippen LogP contribution < -0.4 is 4.31 Å². The van der Waals surface area contributed by atoms with Gasteiger partial charge in [0.05, 0.1) is 5.69 Å². The van der Waals surface area contributed by atoms with Crippen molar-refractivity contribution in [3.63, 3.8) is 0 Å². The second-order valence-corrected chi connectivity index (χ2v) is 6.04. The number of fused-ring (bicyclic) bond motifs is 1. The first-order valence-corrected chi connectivity index (χ1v) is 7.26. The van der Waals surface area contributed by atoms with Crippen LogP contribution in [0.5, 0.6) is 0 Å². The van der Waals surface area contributed by atoms with Crippen molar-refractivity contribution in [2.24, 2.45) is 0 Å². The van der Waals surface area contributed by atoms with Crippen LogP contribution in [0.1, 0.15) is 5.56 Å². The van der Waals surface area contributed by atoms with Crippen LogP contribution in [0, 0.1) is 5.82 Å². The van der Waals surface area contributed by atoms with Crippen molar-refractivity contribution in [1.29, 1.82) is 0 Å². The summed E-state index contributed by atoms with van der Waals surface area (Å²) in [5, 5.41) is -0.0212. The van der Waals surface area contributed by atoms with Crippen molar-refractivity contribution >= 4 is 15.7 Å². The van der Waals surface area contributed by atoms with Crippen LogP contribution in [0.4, 0.5) is 10.1 Å². The fourth-order valence-corrected chi connectivity index (χ4v) is 3.66. The number of nitrogens with zero attached hydrogens (tertiary/aromatic N) is 2. The molecule has 2 aromatic rings. The van der Waals surface area contributed by atoms with Crippen molar-refractivity contribution in [3.05, 3.63) is 54.0 Å². The molecule has 0 amide bonds. The van der Waals surface area contributed by atoms with Crippen molar-refractivity contribution in [1.82, 2.24) is 4.98 Å². The molecule has 0 unspecified atom stereocenters. The van der Waals surface area contributed by atoms with E-state index in [1.54, 1.807) is 18.2 Å². The summed E-state index contributed by atoms with van der Waals surface area (Å²) in [4.78, 5) is 3.87. The molecule has 0 fully saturated rings. The average Bonchev–Trinajstić information content (AvgIpc) is 2.86. The molecule has 1 aromatic heterocycles. The Morgan fingerprint density at radius 1 is 1.16 bits per heavy atom. The Morgan fingerprint density at radius 2 is 2.00 bits per heavy atom. The molecule has 19 heavy (non-hydrogen) atoms. The highest BCUT2D eigenvalue weighted by atomic mass is 32.2. The minimum atomic E-state index is -3.71. The Labute approximate surface area is 110 Å². The lowest BCUT2D eigenvalue weighted by molar-refractivity contribution is 0.588. The van der Waals surface area contributed by atoms with E-state index in [1.165, 1.54) is 28.7 Å². The van der Waals surface area contributed by atoms with Gasteiger partial charge in [-0.2, -0.15) is 8.42 Å². The zero-order chi connectivity index (χ0) is 13.5. The van der Waals surface area contributed by atoms with Gasteiger partial charge in [0.2, 0.25) is 0 Å². The van der Waals surface area contributed by atoms with E-state index in [1.807, 2.05) is 0 Å². The first-order chi connectivity index (χ1) is 9.10. The quantitative estimate of drug-likeness (QED) is 0.844. The van der Waals surface area contributed by atoms with Gasteiger partial charge in [-0.3, -0.25) is 4.31 Å². The summed E-state index contributed by atoms with van der Waals surface area (Å²) in [7, 11) is -3.71. The van der Waals surface area contributed by atoms with Crippen LogP contribution in [0.2, 0.25) is 0 Å². The zero-order valence-corrected chi connectivity index (χ0v) is 10.8. The van der Waals surface area contributed by atoms with Gasteiger partial charge in [0.25, 0.3) is 10.0 Å². The van der Waals surface area contributed by atoms with Crippen LogP contribution >= 0.6 is 0 Å². The molecule has 0 bridgehead atoms. The van der Waals surface area contributed by atoms with E-state index in [0.717, 1.165) is 0 Å². The number of halogens is 1. The maximum Gasteiger partial charge on any atom is 0.281 e. The highest BCUT2D eigenvalue weighted by Crippen LogP contribution is 2.33. The largest absolute Gasteiger partial charge is 0.281 e. The Hall–Kier alpha value is -1.95. The fourth-order valence-electron chi connectivity index (χ4n) is 2.22. The van der Waals surface area contributed by atoms with Crippen LogP contribution in [0.25, 0.3) is 0 Å². The van der Waals surface area contributed by atoms with Crippen LogP contribution in [0.15, 0.2) is 47.6 Å². The molecule has 1 aliphatic heterocycles. The van der Waals surface area contributed by atoms with Crippen LogP contribution in [0.3, 0.4) is 0 Å². The summed E-state index contributed by atoms with van der Waals surface area (Å²) in [5.74, 6) is -0.365. The lowest BCUT2D eigenvalue weighted by Gasteiger charge is -2.18. The number of hydrogen-bond acceptors (Lipinski definition) is 3. The molecule has 2 heterocycles. The number of benzene rings is 1. The zero-order valence-electron chi connectivity index (χ0n) is 9.95. The number of rotatable bonds is 2. The summed E-state index contributed by atoms with van der Waals surface area (Å²) in [6, 6.07) is 9.17. The predicted octanol–water partition coefficient (Wildman–Crippen LogP) is 1.97. The second-order valence-electron chi connectivity index (χ2n) is 4.23. The van der Waals surface area contributed by atoms with Crippen molar-refractivity contribution < 1.29 is 12.8 Å². The summed E-state index contributed by atoms with van der Waals surface area (Å²) in [6.07, 6.45) is 1.81. The normalized spacial score (nSPS) is 14.5. The molecule has 0 N–H and O–H groups in total. The average molecular weight is 278 g/mol. The van der Waals surface area contributed by atoms with Gasteiger partial charge in [-0.25, -0.2) is 9.37 Å². The predicted molar refractivity (Wildman–Crippen MR) is 68.9 cm³/mol. The van der Waals surface area contributed by atoms with Gasteiger partial charge >= 0.3 is 0 Å². The van der Waals surface area contributed by atoms with E-state index in [-0.39, 0.29) is 17.4 Å². The highest BCUT2D eigenvalue weighted by molar-refractivity contribution is 7.92. The monoisotopic (exact) mass is 278 g/mol. The fraction of sp³-hybridized carbons (Fsp3) is 0.154. The van der Waals surface area contributed by atoms with Gasteiger partial charge in [-0.15, -0.1) is 0 Å². The lowest BCUT2D eigenvalue weighted by Crippen LogP contribution is -2.29. The summed E-state index contributed by atoms with van der Waals surface area (Å²) in [6.45, 7) is 0.245. The summed E-state index contributed by atoms with van der Waals surface area (Å²) < 4.78 is 39.7. The van der Waals surface area contributed by atoms with E-state index in [2.05, 4.69) is 4.98 Å². The molecule has 1 aromatic carbocycles. The number of sulfonamides is 1. The minimum Gasteiger partial charge on any atom is -0.264 e. The van der Waals surface area contributed by atoms with Crippen LogP contribution in [-0.2, 0) is 16.4 Å². The third kappa shape index (κ3) is 1.88. The molecule has 3 rings (SSSR count). The Balaban J connectivity index is 2.10. The van der Waals surface area contributed by atoms with E-state index in [4.69, 9.17) is 0 Å². The third-order valence-electron chi connectivity index (χ3n) is 3.12. The van der Waals surface area contributed by atoms with Gasteiger partial charge in [0, 0.05) is 18.3 Å². The van der Waals surface area contributed by atoms with Crippen LogP contribution in [-0.4, -0.2) is 19.9 Å². The van der Waals surface area contributed by atoms with Gasteiger partial charge in [-0.05, 0) is 30.7 Å². The van der Waals surface area contributed by atoms with Crippen molar-refractivity contribution in [3.8, 4) is 0 Å². The van der Waals surface area contributed by atoms with E-state index in [9.17, 15) is 12.8 Å². The molecule has 0 radical (unpaired) electrons. The molecule has 0 saturated carbocycles. The standard InChI is InChI=1S/C13H11FN2O2S/c14-11-4-3-5-12-10(11)7-9-16(12)19(17,18)13-6-1-2-8-15-13/h1-6,8H,7,9H2. The Bertz CT molecular complexity index is 717. The van der Waals surface area contributed by atoms with Crippen molar-refractivity contribution in [2.45, 2.75) is 11.4 Å². The molecule has 0 atom stereocenters. The number of anilines is 1. The van der Waals surface area contributed by atoms with E-state index >= 15 is 0 Å². The molecule has 0 spiro atoms. The molecule has 6 heteroatoms. The van der Waals surface area contributed by atoms with Gasteiger partial charge in [0.15, 0.2) is 5.03 Å². The molecular weight excluding hydrogens is 267 g/mol. The van der Waals surface area contributed by atoms with Crippen molar-refractivity contribution in [2.75, 3.05) is 10.8 Å². The molecular formula is C13H11FN2O2S. The molecule has 98 valence electrons. The van der Waals surface area contributed by atoms with E-state index in [0.29, 0.717) is 17.7 Å². The van der Waals surface area contributed by atoms with Gasteiger partial charge < -0.3 is 0 Å². The maximum atomic E-state index is 13.6. The Morgan fingerprint density at radius 3 is 2.74 bits per heavy atom. The molecule has 4 nitrogen and oxygen atoms in total.